The van der Waals surface area contributed by atoms with E-state index in [-0.39, 0.29) is 5.78 Å². The first-order chi connectivity index (χ1) is 7.21. The van der Waals surface area contributed by atoms with E-state index in [4.69, 9.17) is 5.11 Å². The van der Waals surface area contributed by atoms with Crippen LogP contribution < -0.4 is 0 Å². The average Bonchev–Trinajstić information content (AvgIpc) is 2.10. The number of unbranched alkanes of at least 4 members (excludes halogenated alkanes) is 1. The van der Waals surface area contributed by atoms with Crippen LogP contribution in [0.25, 0.3) is 0 Å². The highest BCUT2D eigenvalue weighted by atomic mass is 16.4. The van der Waals surface area contributed by atoms with Crippen molar-refractivity contribution in [3.63, 3.8) is 0 Å². The monoisotopic (exact) mass is 229 g/mol. The van der Waals surface area contributed by atoms with Gasteiger partial charge >= 0.3 is 6.09 Å². The van der Waals surface area contributed by atoms with Crippen LogP contribution in [-0.4, -0.2) is 33.5 Å². The maximum atomic E-state index is 11.8. The molecule has 0 radical (unpaired) electrons. The van der Waals surface area contributed by atoms with Gasteiger partial charge in [-0.1, -0.05) is 13.3 Å². The zero-order valence-electron chi connectivity index (χ0n) is 10.9. The first kappa shape index (κ1) is 14.9. The van der Waals surface area contributed by atoms with E-state index >= 15 is 0 Å². The summed E-state index contributed by atoms with van der Waals surface area (Å²) in [6.45, 7) is 9.06. The van der Waals surface area contributed by atoms with Gasteiger partial charge in [0, 0.05) is 12.0 Å². The third-order valence-corrected chi connectivity index (χ3v) is 2.56. The lowest BCUT2D eigenvalue weighted by molar-refractivity contribution is -0.124. The molecule has 0 heterocycles. The quantitative estimate of drug-likeness (QED) is 0.788. The van der Waals surface area contributed by atoms with Crippen LogP contribution in [0.15, 0.2) is 0 Å². The summed E-state index contributed by atoms with van der Waals surface area (Å²) in [5.74, 6) is -0.000764. The van der Waals surface area contributed by atoms with Crippen LogP contribution in [0.2, 0.25) is 0 Å². The number of carboxylic acid groups (broad SMARTS) is 1. The third-order valence-electron chi connectivity index (χ3n) is 2.56. The van der Waals surface area contributed by atoms with Crippen LogP contribution in [-0.2, 0) is 4.79 Å². The van der Waals surface area contributed by atoms with Crippen molar-refractivity contribution < 1.29 is 14.7 Å². The Balaban J connectivity index is 4.69. The Morgan fingerprint density at radius 2 is 1.81 bits per heavy atom. The lowest BCUT2D eigenvalue weighted by Gasteiger charge is -2.37. The molecule has 0 rings (SSSR count). The van der Waals surface area contributed by atoms with Gasteiger partial charge in [0.1, 0.15) is 0 Å². The number of ketones is 1. The molecular formula is C12H23NO3. The minimum Gasteiger partial charge on any atom is -0.465 e. The standard InChI is InChI=1S/C12H23NO3/c1-6-7-8-10(14)9(2)13(11(15)16)12(3,4)5/h9H,6-8H2,1-5H3,(H,15,16). The Morgan fingerprint density at radius 1 is 1.31 bits per heavy atom. The van der Waals surface area contributed by atoms with Crippen molar-refractivity contribution in [2.24, 2.45) is 0 Å². The second-order valence-corrected chi connectivity index (χ2v) is 5.07. The zero-order valence-corrected chi connectivity index (χ0v) is 10.9. The summed E-state index contributed by atoms with van der Waals surface area (Å²) in [5, 5.41) is 9.13. The highest BCUT2D eigenvalue weighted by Gasteiger charge is 2.33. The van der Waals surface area contributed by atoms with Gasteiger partial charge in [0.05, 0.1) is 6.04 Å². The molecule has 4 heteroatoms. The first-order valence-corrected chi connectivity index (χ1v) is 5.76. The highest BCUT2D eigenvalue weighted by molar-refractivity contribution is 5.87. The first-order valence-electron chi connectivity index (χ1n) is 5.76. The van der Waals surface area contributed by atoms with Crippen LogP contribution in [0.1, 0.15) is 53.9 Å². The fourth-order valence-electron chi connectivity index (χ4n) is 1.74. The lowest BCUT2D eigenvalue weighted by atomic mass is 10.00. The summed E-state index contributed by atoms with van der Waals surface area (Å²) >= 11 is 0. The molecule has 0 aliphatic rings. The topological polar surface area (TPSA) is 57.6 Å². The van der Waals surface area contributed by atoms with Gasteiger partial charge in [-0.3, -0.25) is 9.69 Å². The molecule has 0 aliphatic carbocycles. The molecule has 0 saturated heterocycles. The molecule has 0 aromatic heterocycles. The minimum absolute atomic E-state index is 0.000764. The minimum atomic E-state index is -1.04. The van der Waals surface area contributed by atoms with Gasteiger partial charge in [-0.15, -0.1) is 0 Å². The Bertz CT molecular complexity index is 255. The number of carbonyl (C=O) groups is 2. The molecule has 1 amide bonds. The molecule has 0 aromatic carbocycles. The van der Waals surface area contributed by atoms with Gasteiger partial charge < -0.3 is 5.11 Å². The summed E-state index contributed by atoms with van der Waals surface area (Å²) in [6, 6.07) is -0.566. The molecule has 0 saturated carbocycles. The molecule has 0 spiro atoms. The predicted molar refractivity (Wildman–Crippen MR) is 63.6 cm³/mol. The second kappa shape index (κ2) is 5.87. The van der Waals surface area contributed by atoms with Gasteiger partial charge in [0.2, 0.25) is 0 Å². The van der Waals surface area contributed by atoms with Crippen molar-refractivity contribution in [1.82, 2.24) is 4.90 Å². The van der Waals surface area contributed by atoms with Gasteiger partial charge in [-0.25, -0.2) is 4.79 Å². The van der Waals surface area contributed by atoms with Crippen molar-refractivity contribution in [3.8, 4) is 0 Å². The number of carbonyl (C=O) groups excluding carboxylic acids is 1. The van der Waals surface area contributed by atoms with E-state index in [0.29, 0.717) is 6.42 Å². The van der Waals surface area contributed by atoms with E-state index in [1.807, 2.05) is 6.92 Å². The molecule has 94 valence electrons. The SMILES string of the molecule is CCCCC(=O)C(C)N(C(=O)O)C(C)(C)C. The smallest absolute Gasteiger partial charge is 0.408 e. The van der Waals surface area contributed by atoms with Crippen molar-refractivity contribution >= 4 is 11.9 Å². The van der Waals surface area contributed by atoms with Crippen LogP contribution in [0.5, 0.6) is 0 Å². The lowest BCUT2D eigenvalue weighted by Crippen LogP contribution is -2.52. The second-order valence-electron chi connectivity index (χ2n) is 5.07. The number of nitrogens with zero attached hydrogens (tertiary/aromatic N) is 1. The Morgan fingerprint density at radius 3 is 2.12 bits per heavy atom. The number of hydrogen-bond acceptors (Lipinski definition) is 2. The normalized spacial score (nSPS) is 13.3. The summed E-state index contributed by atoms with van der Waals surface area (Å²) < 4.78 is 0. The zero-order chi connectivity index (χ0) is 12.9. The predicted octanol–water partition coefficient (Wildman–Crippen LogP) is 2.91. The van der Waals surface area contributed by atoms with E-state index in [9.17, 15) is 9.59 Å². The van der Waals surface area contributed by atoms with Gasteiger partial charge in [-0.2, -0.15) is 0 Å². The fourth-order valence-corrected chi connectivity index (χ4v) is 1.74. The molecule has 0 bridgehead atoms. The largest absolute Gasteiger partial charge is 0.465 e. The van der Waals surface area contributed by atoms with Crippen LogP contribution in [0, 0.1) is 0 Å². The summed E-state index contributed by atoms with van der Waals surface area (Å²) in [7, 11) is 0. The molecule has 16 heavy (non-hydrogen) atoms. The Labute approximate surface area is 97.6 Å². The maximum absolute atomic E-state index is 11.8. The molecule has 0 aromatic rings. The maximum Gasteiger partial charge on any atom is 0.408 e. The molecule has 4 nitrogen and oxygen atoms in total. The van der Waals surface area contributed by atoms with Crippen LogP contribution >= 0.6 is 0 Å². The molecule has 1 atom stereocenters. The van der Waals surface area contributed by atoms with Gasteiger partial charge in [-0.05, 0) is 34.1 Å². The number of amides is 1. The van der Waals surface area contributed by atoms with Gasteiger partial charge in [0.25, 0.3) is 0 Å². The van der Waals surface area contributed by atoms with Crippen molar-refractivity contribution in [1.29, 1.82) is 0 Å². The summed E-state index contributed by atoms with van der Waals surface area (Å²) in [5.41, 5.74) is -0.548. The average molecular weight is 229 g/mol. The van der Waals surface area contributed by atoms with Crippen LogP contribution in [0.4, 0.5) is 4.79 Å². The van der Waals surface area contributed by atoms with Crippen molar-refractivity contribution in [3.05, 3.63) is 0 Å². The molecule has 0 fully saturated rings. The molecule has 1 unspecified atom stereocenters. The van der Waals surface area contributed by atoms with E-state index in [1.54, 1.807) is 27.7 Å². The van der Waals surface area contributed by atoms with E-state index in [2.05, 4.69) is 0 Å². The summed E-state index contributed by atoms with van der Waals surface area (Å²) in [4.78, 5) is 24.2. The fraction of sp³-hybridized carbons (Fsp3) is 0.833. The third kappa shape index (κ3) is 4.21. The van der Waals surface area contributed by atoms with Crippen LogP contribution in [0.3, 0.4) is 0 Å². The van der Waals surface area contributed by atoms with E-state index in [0.717, 1.165) is 12.8 Å². The van der Waals surface area contributed by atoms with Crippen molar-refractivity contribution in [2.45, 2.75) is 65.5 Å². The van der Waals surface area contributed by atoms with Crippen molar-refractivity contribution in [2.75, 3.05) is 0 Å². The molecular weight excluding hydrogens is 206 g/mol. The molecule has 0 aliphatic heterocycles. The number of hydrogen-bond donors (Lipinski definition) is 1. The Kier molecular flexibility index (Phi) is 5.48. The molecule has 1 N–H and O–H groups in total. The van der Waals surface area contributed by atoms with E-state index in [1.165, 1.54) is 4.90 Å². The highest BCUT2D eigenvalue weighted by Crippen LogP contribution is 2.19. The number of Topliss-reactive ketones (excluding diaryl/α,β-unsaturated/α-hetero) is 1. The summed E-state index contributed by atoms with van der Waals surface area (Å²) in [6.07, 6.45) is 1.18. The van der Waals surface area contributed by atoms with Gasteiger partial charge in [0.15, 0.2) is 5.78 Å². The Hall–Kier alpha value is -1.06. The number of rotatable bonds is 5. The van der Waals surface area contributed by atoms with E-state index < -0.39 is 17.7 Å².